The van der Waals surface area contributed by atoms with Gasteiger partial charge >= 0.3 is 0 Å². The second kappa shape index (κ2) is 9.82. The topological polar surface area (TPSA) is 106 Å². The van der Waals surface area contributed by atoms with E-state index in [1.54, 1.807) is 0 Å². The molecule has 2 fully saturated rings. The second-order valence-corrected chi connectivity index (χ2v) is 9.91. The van der Waals surface area contributed by atoms with Gasteiger partial charge in [0.2, 0.25) is 0 Å². The van der Waals surface area contributed by atoms with Gasteiger partial charge < -0.3 is 31.4 Å². The van der Waals surface area contributed by atoms with E-state index in [0.717, 1.165) is 16.7 Å². The van der Waals surface area contributed by atoms with Crippen LogP contribution in [0.4, 0.5) is 0 Å². The van der Waals surface area contributed by atoms with Gasteiger partial charge in [-0.25, -0.2) is 0 Å². The summed E-state index contributed by atoms with van der Waals surface area (Å²) in [6.07, 6.45) is -0.643. The van der Waals surface area contributed by atoms with E-state index in [2.05, 4.69) is 0 Å². The summed E-state index contributed by atoms with van der Waals surface area (Å²) >= 11 is 0. The summed E-state index contributed by atoms with van der Waals surface area (Å²) in [5.74, 6) is -0.194. The molecule has 0 heterocycles. The van der Waals surface area contributed by atoms with Crippen LogP contribution in [-0.4, -0.2) is 35.4 Å². The lowest BCUT2D eigenvalue weighted by Gasteiger charge is -2.59. The Morgan fingerprint density at radius 3 is 1.49 bits per heavy atom. The molecule has 184 valence electrons. The average molecular weight is 474 g/mol. The van der Waals surface area contributed by atoms with Crippen molar-refractivity contribution >= 4 is 0 Å². The number of benzene rings is 3. The van der Waals surface area contributed by atoms with Crippen LogP contribution in [-0.2, 0) is 34.0 Å². The highest BCUT2D eigenvalue weighted by molar-refractivity contribution is 5.35. The minimum absolute atomic E-state index is 0.194. The third kappa shape index (κ3) is 4.20. The molecule has 2 saturated carbocycles. The number of hydrogen-bond donors (Lipinski definition) is 3. The average Bonchev–Trinajstić information content (AvgIpc) is 3.05. The lowest BCUT2D eigenvalue weighted by Crippen LogP contribution is -2.84. The normalized spacial score (nSPS) is 33.8. The first-order chi connectivity index (χ1) is 16.9. The van der Waals surface area contributed by atoms with Crippen molar-refractivity contribution in [2.45, 2.75) is 62.2 Å². The third-order valence-electron chi connectivity index (χ3n) is 7.97. The molecular weight excluding hydrogens is 438 g/mol. The Bertz CT molecular complexity index is 1100. The molecule has 7 unspecified atom stereocenters. The molecule has 0 saturated heterocycles. The molecule has 3 aromatic rings. The largest absolute Gasteiger partial charge is 0.371 e. The van der Waals surface area contributed by atoms with Crippen LogP contribution in [0.2, 0.25) is 0 Å². The van der Waals surface area contributed by atoms with Gasteiger partial charge in [0, 0.05) is 5.92 Å². The third-order valence-corrected chi connectivity index (χ3v) is 7.97. The van der Waals surface area contributed by atoms with E-state index >= 15 is 0 Å². The quantitative estimate of drug-likeness (QED) is 0.441. The maximum Gasteiger partial charge on any atom is 0.103 e. The molecule has 3 aromatic carbocycles. The van der Waals surface area contributed by atoms with Gasteiger partial charge in [0.1, 0.15) is 5.60 Å². The zero-order valence-corrected chi connectivity index (χ0v) is 20.1. The van der Waals surface area contributed by atoms with Crippen molar-refractivity contribution in [2.75, 3.05) is 0 Å². The van der Waals surface area contributed by atoms with Crippen molar-refractivity contribution in [1.82, 2.24) is 0 Å². The van der Waals surface area contributed by atoms with Gasteiger partial charge in [-0.15, -0.1) is 0 Å². The van der Waals surface area contributed by atoms with Crippen molar-refractivity contribution in [3.63, 3.8) is 0 Å². The molecule has 0 spiro atoms. The Hall–Kier alpha value is -2.58. The van der Waals surface area contributed by atoms with Gasteiger partial charge in [0.05, 0.1) is 49.7 Å². The molecule has 2 aliphatic rings. The Balaban J connectivity index is 1.39. The van der Waals surface area contributed by atoms with Gasteiger partial charge in [-0.2, -0.15) is 0 Å². The highest BCUT2D eigenvalue weighted by Crippen LogP contribution is 2.57. The van der Waals surface area contributed by atoms with E-state index in [0.29, 0.717) is 19.8 Å². The van der Waals surface area contributed by atoms with Crippen molar-refractivity contribution in [2.24, 2.45) is 23.1 Å². The van der Waals surface area contributed by atoms with Crippen LogP contribution in [0.3, 0.4) is 0 Å². The summed E-state index contributed by atoms with van der Waals surface area (Å²) in [7, 11) is 0. The predicted molar refractivity (Wildman–Crippen MR) is 136 cm³/mol. The van der Waals surface area contributed by atoms with E-state index in [4.69, 9.17) is 31.4 Å². The van der Waals surface area contributed by atoms with Gasteiger partial charge in [-0.05, 0) is 23.6 Å². The number of hydrogen-bond acceptors (Lipinski definition) is 6. The Labute approximate surface area is 207 Å². The Morgan fingerprint density at radius 2 is 1.03 bits per heavy atom. The first-order valence-corrected chi connectivity index (χ1v) is 12.2. The molecule has 2 aliphatic carbocycles. The first-order valence-electron chi connectivity index (χ1n) is 12.2. The van der Waals surface area contributed by atoms with E-state index in [9.17, 15) is 0 Å². The Kier molecular flexibility index (Phi) is 6.77. The summed E-state index contributed by atoms with van der Waals surface area (Å²) in [6.45, 7) is 3.26. The van der Waals surface area contributed by atoms with Crippen molar-refractivity contribution in [3.8, 4) is 0 Å². The van der Waals surface area contributed by atoms with Crippen LogP contribution in [0.1, 0.15) is 23.6 Å². The lowest BCUT2D eigenvalue weighted by atomic mass is 9.58. The van der Waals surface area contributed by atoms with Gasteiger partial charge in [-0.3, -0.25) is 0 Å². The number of nitrogens with two attached hydrogens (primary N) is 3. The summed E-state index contributed by atoms with van der Waals surface area (Å²) in [4.78, 5) is 0. The fourth-order valence-corrected chi connectivity index (χ4v) is 5.79. The summed E-state index contributed by atoms with van der Waals surface area (Å²) in [6, 6.07) is 29.2. The maximum atomic E-state index is 7.11. The minimum Gasteiger partial charge on any atom is -0.371 e. The van der Waals surface area contributed by atoms with Crippen LogP contribution in [0, 0.1) is 5.92 Å². The van der Waals surface area contributed by atoms with Gasteiger partial charge in [-0.1, -0.05) is 91.0 Å². The number of rotatable bonds is 9. The van der Waals surface area contributed by atoms with Crippen LogP contribution >= 0.6 is 0 Å². The van der Waals surface area contributed by atoms with Crippen LogP contribution < -0.4 is 17.2 Å². The van der Waals surface area contributed by atoms with Crippen molar-refractivity contribution in [1.29, 1.82) is 0 Å². The van der Waals surface area contributed by atoms with Gasteiger partial charge in [0.15, 0.2) is 0 Å². The zero-order chi connectivity index (χ0) is 24.5. The second-order valence-electron chi connectivity index (χ2n) is 9.91. The molecule has 0 aromatic heterocycles. The SMILES string of the molecule is CC1(OCc2ccccc2)C(N)C(OCc2ccccc2)C2C(OCc3ccccc3)C(N)C21N. The number of fused-ring (bicyclic) bond motifs is 1. The van der Waals surface area contributed by atoms with Crippen LogP contribution in [0.15, 0.2) is 91.0 Å². The molecule has 6 heteroatoms. The smallest absolute Gasteiger partial charge is 0.103 e. The Morgan fingerprint density at radius 1 is 0.629 bits per heavy atom. The van der Waals surface area contributed by atoms with E-state index in [-0.39, 0.29) is 18.1 Å². The van der Waals surface area contributed by atoms with Crippen molar-refractivity contribution in [3.05, 3.63) is 108 Å². The molecule has 0 aliphatic heterocycles. The molecule has 5 rings (SSSR count). The highest BCUT2D eigenvalue weighted by atomic mass is 16.5. The molecule has 0 bridgehead atoms. The maximum absolute atomic E-state index is 7.11. The summed E-state index contributed by atoms with van der Waals surface area (Å²) < 4.78 is 19.3. The van der Waals surface area contributed by atoms with E-state index in [1.807, 2.05) is 97.9 Å². The molecule has 0 radical (unpaired) electrons. The monoisotopic (exact) mass is 473 g/mol. The van der Waals surface area contributed by atoms with E-state index < -0.39 is 23.2 Å². The standard InChI is InChI=1S/C29H35N3O3/c1-28(35-19-22-15-9-4-10-16-22)26(30)24(33-17-20-11-5-2-6-12-20)23-25(27(31)29(23,28)32)34-18-21-13-7-3-8-14-21/h2-16,23-27H,17-19,30-32H2,1H3. The summed E-state index contributed by atoms with van der Waals surface area (Å²) in [5, 5.41) is 0. The molecule has 35 heavy (non-hydrogen) atoms. The zero-order valence-electron chi connectivity index (χ0n) is 20.1. The fraction of sp³-hybridized carbons (Fsp3) is 0.379. The molecule has 7 atom stereocenters. The lowest BCUT2D eigenvalue weighted by molar-refractivity contribution is -0.193. The summed E-state index contributed by atoms with van der Waals surface area (Å²) in [5.41, 5.74) is 22.2. The van der Waals surface area contributed by atoms with E-state index in [1.165, 1.54) is 0 Å². The van der Waals surface area contributed by atoms with Crippen molar-refractivity contribution < 1.29 is 14.2 Å². The van der Waals surface area contributed by atoms with Gasteiger partial charge in [0.25, 0.3) is 0 Å². The first kappa shape index (κ1) is 24.1. The predicted octanol–water partition coefficient (Wildman–Crippen LogP) is 3.13. The number of ether oxygens (including phenoxy) is 3. The molecule has 6 N–H and O–H groups in total. The highest BCUT2D eigenvalue weighted by Gasteiger charge is 2.78. The molecule has 0 amide bonds. The molecular formula is C29H35N3O3. The fourth-order valence-electron chi connectivity index (χ4n) is 5.79. The van der Waals surface area contributed by atoms with Crippen LogP contribution in [0.5, 0.6) is 0 Å². The van der Waals surface area contributed by atoms with Crippen LogP contribution in [0.25, 0.3) is 0 Å². The molecule has 6 nitrogen and oxygen atoms in total. The minimum atomic E-state index is -0.888.